The third kappa shape index (κ3) is 4.50. The Hall–Kier alpha value is -4.11. The van der Waals surface area contributed by atoms with E-state index in [1.165, 1.54) is 0 Å². The van der Waals surface area contributed by atoms with Gasteiger partial charge in [-0.05, 0) is 50.5 Å². The highest BCUT2D eigenvalue weighted by atomic mass is 16.5. The Bertz CT molecular complexity index is 1360. The van der Waals surface area contributed by atoms with Crippen molar-refractivity contribution in [2.75, 3.05) is 50.6 Å². The molecular formula is C26H27N5O4. The molecular weight excluding hydrogens is 446 g/mol. The van der Waals surface area contributed by atoms with Gasteiger partial charge in [-0.3, -0.25) is 14.4 Å². The molecule has 3 heterocycles. The number of hydrogen-bond donors (Lipinski definition) is 2. The molecule has 1 aromatic heterocycles. The van der Waals surface area contributed by atoms with Crippen molar-refractivity contribution in [3.63, 3.8) is 0 Å². The second kappa shape index (κ2) is 9.27. The zero-order valence-electron chi connectivity index (χ0n) is 19.7. The molecule has 0 aliphatic carbocycles. The van der Waals surface area contributed by atoms with Gasteiger partial charge in [0.25, 0.3) is 17.7 Å². The molecule has 2 aliphatic heterocycles. The fourth-order valence-electron chi connectivity index (χ4n) is 4.38. The van der Waals surface area contributed by atoms with Gasteiger partial charge < -0.3 is 29.7 Å². The number of amides is 3. The zero-order chi connectivity index (χ0) is 24.5. The van der Waals surface area contributed by atoms with Crippen molar-refractivity contribution in [1.29, 1.82) is 0 Å². The Morgan fingerprint density at radius 2 is 2.00 bits per heavy atom. The second-order valence-electron chi connectivity index (χ2n) is 8.85. The van der Waals surface area contributed by atoms with Crippen LogP contribution in [0.4, 0.5) is 11.4 Å². The van der Waals surface area contributed by atoms with E-state index in [2.05, 4.69) is 10.6 Å². The van der Waals surface area contributed by atoms with Gasteiger partial charge in [0.05, 0.1) is 12.2 Å². The first-order chi connectivity index (χ1) is 16.9. The maximum atomic E-state index is 13.1. The van der Waals surface area contributed by atoms with E-state index in [-0.39, 0.29) is 17.7 Å². The number of carbonyl (C=O) groups excluding carboxylic acids is 3. The highest BCUT2D eigenvalue weighted by Crippen LogP contribution is 2.34. The number of likely N-dealkylation sites (N-methyl/N-ethyl adjacent to an activating group) is 1. The van der Waals surface area contributed by atoms with E-state index >= 15 is 0 Å². The van der Waals surface area contributed by atoms with Gasteiger partial charge in [0, 0.05) is 47.9 Å². The number of anilines is 2. The lowest BCUT2D eigenvalue weighted by molar-refractivity contribution is -0.114. The van der Waals surface area contributed by atoms with Crippen LogP contribution in [-0.4, -0.2) is 67.5 Å². The topological polar surface area (TPSA) is 95.9 Å². The lowest BCUT2D eigenvalue weighted by Crippen LogP contribution is -2.37. The maximum absolute atomic E-state index is 13.1. The van der Waals surface area contributed by atoms with Gasteiger partial charge in [0.1, 0.15) is 18.1 Å². The third-order valence-electron chi connectivity index (χ3n) is 6.10. The Morgan fingerprint density at radius 1 is 1.14 bits per heavy atom. The maximum Gasteiger partial charge on any atom is 0.268 e. The molecule has 2 N–H and O–H groups in total. The van der Waals surface area contributed by atoms with Crippen LogP contribution in [0.5, 0.6) is 5.75 Å². The van der Waals surface area contributed by atoms with Gasteiger partial charge in [-0.2, -0.15) is 0 Å². The number of rotatable bonds is 5. The SMILES string of the molecule is CN(C)CC=CC(=O)N1CCOc2ccc(NC(=O)c3ccc4cc5n(c4c3)CCNC5=O)cc21. The van der Waals surface area contributed by atoms with Crippen LogP contribution >= 0.6 is 0 Å². The molecule has 0 fully saturated rings. The summed E-state index contributed by atoms with van der Waals surface area (Å²) in [5.41, 5.74) is 3.12. The summed E-state index contributed by atoms with van der Waals surface area (Å²) in [4.78, 5) is 41.6. The Labute approximate surface area is 202 Å². The molecule has 0 radical (unpaired) electrons. The normalized spacial score (nSPS) is 15.1. The second-order valence-corrected chi connectivity index (χ2v) is 8.85. The first-order valence-corrected chi connectivity index (χ1v) is 11.5. The molecule has 3 aromatic rings. The van der Waals surface area contributed by atoms with Crippen molar-refractivity contribution in [2.45, 2.75) is 6.54 Å². The van der Waals surface area contributed by atoms with Crippen LogP contribution in [0.25, 0.3) is 10.9 Å². The number of aromatic nitrogens is 1. The van der Waals surface area contributed by atoms with Gasteiger partial charge in [-0.1, -0.05) is 12.1 Å². The first-order valence-electron chi connectivity index (χ1n) is 11.5. The lowest BCUT2D eigenvalue weighted by atomic mass is 10.1. The Balaban J connectivity index is 1.37. The third-order valence-corrected chi connectivity index (χ3v) is 6.10. The largest absolute Gasteiger partial charge is 0.490 e. The van der Waals surface area contributed by atoms with E-state index in [0.29, 0.717) is 61.2 Å². The summed E-state index contributed by atoms with van der Waals surface area (Å²) >= 11 is 0. The predicted octanol–water partition coefficient (Wildman–Crippen LogP) is 2.48. The highest BCUT2D eigenvalue weighted by Gasteiger charge is 2.24. The summed E-state index contributed by atoms with van der Waals surface area (Å²) in [6.07, 6.45) is 3.39. The Kier molecular flexibility index (Phi) is 6.00. The van der Waals surface area contributed by atoms with E-state index in [1.54, 1.807) is 41.3 Å². The molecule has 5 rings (SSSR count). The molecule has 9 nitrogen and oxygen atoms in total. The highest BCUT2D eigenvalue weighted by molar-refractivity contribution is 6.08. The van der Waals surface area contributed by atoms with E-state index < -0.39 is 0 Å². The molecule has 0 spiro atoms. The summed E-state index contributed by atoms with van der Waals surface area (Å²) in [7, 11) is 3.88. The van der Waals surface area contributed by atoms with Gasteiger partial charge in [-0.15, -0.1) is 0 Å². The van der Waals surface area contributed by atoms with Crippen LogP contribution in [0.15, 0.2) is 54.6 Å². The molecule has 9 heteroatoms. The number of fused-ring (bicyclic) bond motifs is 4. The van der Waals surface area contributed by atoms with Crippen molar-refractivity contribution in [2.24, 2.45) is 0 Å². The summed E-state index contributed by atoms with van der Waals surface area (Å²) in [5.74, 6) is 0.0871. The van der Waals surface area contributed by atoms with Gasteiger partial charge in [-0.25, -0.2) is 0 Å². The van der Waals surface area contributed by atoms with Crippen molar-refractivity contribution >= 4 is 40.0 Å². The molecule has 180 valence electrons. The minimum absolute atomic E-state index is 0.106. The zero-order valence-corrected chi connectivity index (χ0v) is 19.7. The minimum Gasteiger partial charge on any atom is -0.490 e. The quantitative estimate of drug-likeness (QED) is 0.555. The molecule has 3 amide bonds. The number of carbonyl (C=O) groups is 3. The number of hydrogen-bond acceptors (Lipinski definition) is 5. The number of nitrogens with one attached hydrogen (secondary N) is 2. The fraction of sp³-hybridized carbons (Fsp3) is 0.269. The summed E-state index contributed by atoms with van der Waals surface area (Å²) in [6, 6.07) is 12.5. The average molecular weight is 474 g/mol. The molecule has 0 bridgehead atoms. The van der Waals surface area contributed by atoms with Gasteiger partial charge in [0.15, 0.2) is 0 Å². The van der Waals surface area contributed by atoms with Crippen LogP contribution in [0.3, 0.4) is 0 Å². The minimum atomic E-state index is -0.275. The smallest absolute Gasteiger partial charge is 0.268 e. The van der Waals surface area contributed by atoms with Crippen molar-refractivity contribution in [1.82, 2.24) is 14.8 Å². The van der Waals surface area contributed by atoms with E-state index in [4.69, 9.17) is 4.74 Å². The number of nitrogens with zero attached hydrogens (tertiary/aromatic N) is 3. The Morgan fingerprint density at radius 3 is 2.83 bits per heavy atom. The van der Waals surface area contributed by atoms with Crippen molar-refractivity contribution in [3.8, 4) is 5.75 Å². The fourth-order valence-corrected chi connectivity index (χ4v) is 4.38. The average Bonchev–Trinajstić information content (AvgIpc) is 3.22. The van der Waals surface area contributed by atoms with Crippen LogP contribution in [-0.2, 0) is 11.3 Å². The predicted molar refractivity (Wildman–Crippen MR) is 134 cm³/mol. The van der Waals surface area contributed by atoms with Gasteiger partial charge >= 0.3 is 0 Å². The first kappa shape index (κ1) is 22.7. The summed E-state index contributed by atoms with van der Waals surface area (Å²) < 4.78 is 7.66. The molecule has 2 aliphatic rings. The molecule has 0 saturated heterocycles. The van der Waals surface area contributed by atoms with Crippen LogP contribution in [0.1, 0.15) is 20.8 Å². The summed E-state index contributed by atoms with van der Waals surface area (Å²) in [6.45, 7) is 2.72. The van der Waals surface area contributed by atoms with Crippen molar-refractivity contribution < 1.29 is 19.1 Å². The van der Waals surface area contributed by atoms with Crippen LogP contribution in [0, 0.1) is 0 Å². The van der Waals surface area contributed by atoms with Gasteiger partial charge in [0.2, 0.25) is 0 Å². The van der Waals surface area contributed by atoms with Crippen LogP contribution < -0.4 is 20.3 Å². The molecule has 35 heavy (non-hydrogen) atoms. The monoisotopic (exact) mass is 473 g/mol. The number of ether oxygens (including phenoxy) is 1. The lowest BCUT2D eigenvalue weighted by Gasteiger charge is -2.29. The molecule has 2 aromatic carbocycles. The molecule has 0 unspecified atom stereocenters. The van der Waals surface area contributed by atoms with E-state index in [9.17, 15) is 14.4 Å². The van der Waals surface area contributed by atoms with E-state index in [0.717, 1.165) is 10.9 Å². The molecule has 0 atom stereocenters. The van der Waals surface area contributed by atoms with Crippen molar-refractivity contribution in [3.05, 3.63) is 65.9 Å². The standard InChI is InChI=1S/C26H27N5O4/c1-29(2)10-3-4-24(32)31-12-13-35-23-8-7-19(16-21(23)31)28-25(33)18-6-5-17-14-22-26(34)27-9-11-30(22)20(17)15-18/h3-8,14-16H,9-13H2,1-2H3,(H,27,34)(H,28,33). The molecule has 0 saturated carbocycles. The summed E-state index contributed by atoms with van der Waals surface area (Å²) in [5, 5.41) is 6.68. The van der Waals surface area contributed by atoms with Crippen LogP contribution in [0.2, 0.25) is 0 Å². The van der Waals surface area contributed by atoms with E-state index in [1.807, 2.05) is 41.8 Å². The number of benzene rings is 2.